The molecule has 2 aromatic carbocycles. The zero-order valence-electron chi connectivity index (χ0n) is 11.0. The van der Waals surface area contributed by atoms with E-state index in [-0.39, 0.29) is 11.8 Å². The largest absolute Gasteiger partial charge is 0.369 e. The first kappa shape index (κ1) is 13.5. The van der Waals surface area contributed by atoms with Gasteiger partial charge in [0.05, 0.1) is 11.0 Å². The van der Waals surface area contributed by atoms with Gasteiger partial charge < -0.3 is 10.3 Å². The summed E-state index contributed by atoms with van der Waals surface area (Å²) in [4.78, 5) is 4.07. The van der Waals surface area contributed by atoms with Gasteiger partial charge in [-0.3, -0.25) is 0 Å². The number of aryl methyl sites for hydroxylation is 2. The Balaban J connectivity index is 1.89. The van der Waals surface area contributed by atoms with E-state index in [2.05, 4.69) is 4.98 Å². The molecule has 0 fully saturated rings. The lowest BCUT2D eigenvalue weighted by Crippen LogP contribution is -2.06. The standard InChI is InChI=1S/C15H12F3N3/c16-10-1-2-14-13(8-10)20-15(19)21(14)4-3-9-5-11(17)7-12(18)6-9/h1-2,5-8H,3-4H2,(H2,19,20). The summed E-state index contributed by atoms with van der Waals surface area (Å²) in [6.45, 7) is 0.400. The molecule has 0 aliphatic rings. The average molecular weight is 291 g/mol. The predicted octanol–water partition coefficient (Wildman–Crippen LogP) is 3.28. The molecule has 0 spiro atoms. The zero-order chi connectivity index (χ0) is 15.0. The number of hydrogen-bond donors (Lipinski definition) is 1. The van der Waals surface area contributed by atoms with E-state index < -0.39 is 11.6 Å². The molecule has 0 aliphatic heterocycles. The van der Waals surface area contributed by atoms with Crippen molar-refractivity contribution >= 4 is 17.0 Å². The number of anilines is 1. The van der Waals surface area contributed by atoms with Gasteiger partial charge >= 0.3 is 0 Å². The molecule has 3 aromatic rings. The van der Waals surface area contributed by atoms with Crippen LogP contribution in [0.25, 0.3) is 11.0 Å². The lowest BCUT2D eigenvalue weighted by molar-refractivity contribution is 0.577. The molecule has 0 radical (unpaired) electrons. The van der Waals surface area contributed by atoms with E-state index in [1.807, 2.05) is 0 Å². The maximum Gasteiger partial charge on any atom is 0.201 e. The van der Waals surface area contributed by atoms with E-state index in [4.69, 9.17) is 5.73 Å². The molecule has 0 saturated carbocycles. The van der Waals surface area contributed by atoms with Gasteiger partial charge in [0.25, 0.3) is 0 Å². The number of hydrogen-bond acceptors (Lipinski definition) is 2. The summed E-state index contributed by atoms with van der Waals surface area (Å²) >= 11 is 0. The fraction of sp³-hybridized carbons (Fsp3) is 0.133. The van der Waals surface area contributed by atoms with Gasteiger partial charge in [-0.05, 0) is 36.2 Å². The van der Waals surface area contributed by atoms with Crippen molar-refractivity contribution in [3.63, 3.8) is 0 Å². The number of fused-ring (bicyclic) bond motifs is 1. The SMILES string of the molecule is Nc1nc2cc(F)ccc2n1CCc1cc(F)cc(F)c1. The van der Waals surface area contributed by atoms with Crippen LogP contribution in [-0.4, -0.2) is 9.55 Å². The van der Waals surface area contributed by atoms with Gasteiger partial charge in [-0.1, -0.05) is 0 Å². The van der Waals surface area contributed by atoms with Crippen molar-refractivity contribution in [3.8, 4) is 0 Å². The Labute approximate surface area is 118 Å². The highest BCUT2D eigenvalue weighted by atomic mass is 19.1. The van der Waals surface area contributed by atoms with Gasteiger partial charge in [0.1, 0.15) is 17.5 Å². The minimum Gasteiger partial charge on any atom is -0.369 e. The van der Waals surface area contributed by atoms with Crippen molar-refractivity contribution in [2.75, 3.05) is 5.73 Å². The lowest BCUT2D eigenvalue weighted by Gasteiger charge is -2.07. The molecular weight excluding hydrogens is 279 g/mol. The Morgan fingerprint density at radius 3 is 2.38 bits per heavy atom. The van der Waals surface area contributed by atoms with Gasteiger partial charge in [-0.15, -0.1) is 0 Å². The molecule has 108 valence electrons. The first-order chi connectivity index (χ1) is 10.0. The Hall–Kier alpha value is -2.50. The van der Waals surface area contributed by atoms with Gasteiger partial charge in [-0.2, -0.15) is 0 Å². The maximum absolute atomic E-state index is 13.1. The highest BCUT2D eigenvalue weighted by Crippen LogP contribution is 2.20. The number of aromatic nitrogens is 2. The number of halogens is 3. The van der Waals surface area contributed by atoms with E-state index in [0.29, 0.717) is 29.6 Å². The minimum atomic E-state index is -0.615. The predicted molar refractivity (Wildman–Crippen MR) is 74.2 cm³/mol. The van der Waals surface area contributed by atoms with Crippen molar-refractivity contribution in [3.05, 3.63) is 59.4 Å². The number of nitrogens with zero attached hydrogens (tertiary/aromatic N) is 2. The molecular formula is C15H12F3N3. The van der Waals surface area contributed by atoms with Crippen LogP contribution in [0.3, 0.4) is 0 Å². The molecule has 0 atom stereocenters. The summed E-state index contributed by atoms with van der Waals surface area (Å²) in [6, 6.07) is 7.58. The Morgan fingerprint density at radius 1 is 0.952 bits per heavy atom. The van der Waals surface area contributed by atoms with E-state index >= 15 is 0 Å². The third-order valence-electron chi connectivity index (χ3n) is 3.29. The van der Waals surface area contributed by atoms with Crippen LogP contribution in [0.4, 0.5) is 19.1 Å². The fourth-order valence-corrected chi connectivity index (χ4v) is 2.35. The third-order valence-corrected chi connectivity index (χ3v) is 3.29. The summed E-state index contributed by atoms with van der Waals surface area (Å²) in [5.74, 6) is -1.38. The molecule has 3 nitrogen and oxygen atoms in total. The summed E-state index contributed by atoms with van der Waals surface area (Å²) in [6.07, 6.45) is 0.391. The molecule has 0 amide bonds. The van der Waals surface area contributed by atoms with Gasteiger partial charge in [0.15, 0.2) is 0 Å². The van der Waals surface area contributed by atoms with Crippen LogP contribution >= 0.6 is 0 Å². The summed E-state index contributed by atoms with van der Waals surface area (Å²) in [5, 5.41) is 0. The second-order valence-corrected chi connectivity index (χ2v) is 4.78. The van der Waals surface area contributed by atoms with E-state index in [9.17, 15) is 13.2 Å². The van der Waals surface area contributed by atoms with E-state index in [1.54, 1.807) is 10.6 Å². The van der Waals surface area contributed by atoms with Gasteiger partial charge in [0.2, 0.25) is 5.95 Å². The molecule has 0 aliphatic carbocycles. The molecule has 0 saturated heterocycles. The summed E-state index contributed by atoms with van der Waals surface area (Å²) in [7, 11) is 0. The van der Waals surface area contributed by atoms with Gasteiger partial charge in [0, 0.05) is 18.7 Å². The third kappa shape index (κ3) is 2.69. The number of rotatable bonds is 3. The minimum absolute atomic E-state index is 0.243. The topological polar surface area (TPSA) is 43.8 Å². The highest BCUT2D eigenvalue weighted by molar-refractivity contribution is 5.78. The molecule has 21 heavy (non-hydrogen) atoms. The summed E-state index contributed by atoms with van der Waals surface area (Å²) in [5.41, 5.74) is 7.47. The monoisotopic (exact) mass is 291 g/mol. The number of benzene rings is 2. The van der Waals surface area contributed by atoms with Crippen LogP contribution in [0.2, 0.25) is 0 Å². The maximum atomic E-state index is 13.1. The number of nitrogen functional groups attached to an aromatic ring is 1. The average Bonchev–Trinajstić information content (AvgIpc) is 2.70. The summed E-state index contributed by atoms with van der Waals surface area (Å²) < 4.78 is 41.1. The molecule has 1 heterocycles. The first-order valence-electron chi connectivity index (χ1n) is 6.39. The zero-order valence-corrected chi connectivity index (χ0v) is 11.0. The normalized spacial score (nSPS) is 11.2. The number of imidazole rings is 1. The van der Waals surface area contributed by atoms with Crippen molar-refractivity contribution in [1.82, 2.24) is 9.55 Å². The van der Waals surface area contributed by atoms with E-state index in [1.165, 1.54) is 24.3 Å². The Morgan fingerprint density at radius 2 is 1.67 bits per heavy atom. The molecule has 0 bridgehead atoms. The van der Waals surface area contributed by atoms with E-state index in [0.717, 1.165) is 6.07 Å². The quantitative estimate of drug-likeness (QED) is 0.805. The molecule has 1 aromatic heterocycles. The molecule has 2 N–H and O–H groups in total. The Bertz CT molecular complexity index is 791. The molecule has 6 heteroatoms. The number of nitrogens with two attached hydrogens (primary N) is 1. The van der Waals surface area contributed by atoms with Crippen molar-refractivity contribution in [2.24, 2.45) is 0 Å². The Kier molecular flexibility index (Phi) is 3.29. The van der Waals surface area contributed by atoms with Crippen molar-refractivity contribution in [1.29, 1.82) is 0 Å². The second kappa shape index (κ2) is 5.12. The smallest absolute Gasteiger partial charge is 0.201 e. The van der Waals surface area contributed by atoms with Crippen LogP contribution < -0.4 is 5.73 Å². The van der Waals surface area contributed by atoms with Crippen LogP contribution in [0.15, 0.2) is 36.4 Å². The van der Waals surface area contributed by atoms with Crippen LogP contribution in [-0.2, 0) is 13.0 Å². The molecule has 0 unspecified atom stereocenters. The van der Waals surface area contributed by atoms with Crippen molar-refractivity contribution in [2.45, 2.75) is 13.0 Å². The van der Waals surface area contributed by atoms with Crippen LogP contribution in [0, 0.1) is 17.5 Å². The van der Waals surface area contributed by atoms with Crippen molar-refractivity contribution < 1.29 is 13.2 Å². The van der Waals surface area contributed by atoms with Crippen LogP contribution in [0.5, 0.6) is 0 Å². The van der Waals surface area contributed by atoms with Gasteiger partial charge in [-0.25, -0.2) is 18.2 Å². The van der Waals surface area contributed by atoms with Crippen LogP contribution in [0.1, 0.15) is 5.56 Å². The second-order valence-electron chi connectivity index (χ2n) is 4.78. The fourth-order valence-electron chi connectivity index (χ4n) is 2.35. The lowest BCUT2D eigenvalue weighted by atomic mass is 10.1. The molecule has 3 rings (SSSR count). The first-order valence-corrected chi connectivity index (χ1v) is 6.39. The highest BCUT2D eigenvalue weighted by Gasteiger charge is 2.09.